The largest absolute Gasteiger partial charge is 0.481 e. The summed E-state index contributed by atoms with van der Waals surface area (Å²) in [6.45, 7) is 0.476. The van der Waals surface area contributed by atoms with Crippen LogP contribution in [0.3, 0.4) is 0 Å². The zero-order valence-electron chi connectivity index (χ0n) is 14.2. The fourth-order valence-corrected chi connectivity index (χ4v) is 2.12. The smallest absolute Gasteiger partial charge is 0.335 e. The molecule has 0 heterocycles. The number of aliphatic carboxylic acids is 1. The Labute approximate surface area is 151 Å². The van der Waals surface area contributed by atoms with Crippen molar-refractivity contribution in [2.75, 3.05) is 6.54 Å². The van der Waals surface area contributed by atoms with Gasteiger partial charge >= 0.3 is 12.0 Å². The SMILES string of the molecule is N=C(N)NCCCCC(=O)NC(=O)NNC(CC(=O)O)c1ccccc1. The average Bonchev–Trinajstić information content (AvgIpc) is 2.58. The Kier molecular flexibility index (Phi) is 9.18. The van der Waals surface area contributed by atoms with Crippen molar-refractivity contribution in [3.8, 4) is 0 Å². The van der Waals surface area contributed by atoms with Gasteiger partial charge in [-0.3, -0.25) is 25.7 Å². The highest BCUT2D eigenvalue weighted by molar-refractivity contribution is 5.94. The van der Waals surface area contributed by atoms with Crippen LogP contribution < -0.4 is 27.2 Å². The Morgan fingerprint density at radius 1 is 1.15 bits per heavy atom. The van der Waals surface area contributed by atoms with Crippen LogP contribution in [0.5, 0.6) is 0 Å². The summed E-state index contributed by atoms with van der Waals surface area (Å²) in [5.41, 5.74) is 10.7. The highest BCUT2D eigenvalue weighted by atomic mass is 16.4. The van der Waals surface area contributed by atoms with Gasteiger partial charge in [-0.25, -0.2) is 10.2 Å². The molecular formula is C16H24N6O4. The predicted molar refractivity (Wildman–Crippen MR) is 95.0 cm³/mol. The van der Waals surface area contributed by atoms with Gasteiger partial charge in [0.25, 0.3) is 0 Å². The van der Waals surface area contributed by atoms with E-state index >= 15 is 0 Å². The summed E-state index contributed by atoms with van der Waals surface area (Å²) in [4.78, 5) is 34.4. The van der Waals surface area contributed by atoms with E-state index in [0.717, 1.165) is 0 Å². The number of nitrogens with one attached hydrogen (secondary N) is 5. The zero-order valence-corrected chi connectivity index (χ0v) is 14.2. The van der Waals surface area contributed by atoms with Crippen molar-refractivity contribution in [3.05, 3.63) is 35.9 Å². The van der Waals surface area contributed by atoms with Gasteiger partial charge in [0.2, 0.25) is 5.91 Å². The number of guanidine groups is 1. The van der Waals surface area contributed by atoms with E-state index < -0.39 is 23.9 Å². The number of carboxylic acids is 1. The monoisotopic (exact) mass is 364 g/mol. The summed E-state index contributed by atoms with van der Waals surface area (Å²) >= 11 is 0. The Morgan fingerprint density at radius 2 is 1.85 bits per heavy atom. The van der Waals surface area contributed by atoms with Crippen LogP contribution in [-0.4, -0.2) is 35.5 Å². The molecule has 8 N–H and O–H groups in total. The minimum Gasteiger partial charge on any atom is -0.481 e. The highest BCUT2D eigenvalue weighted by Gasteiger charge is 2.16. The number of hydrazine groups is 1. The second-order valence-electron chi connectivity index (χ2n) is 5.51. The number of benzene rings is 1. The molecule has 0 saturated carbocycles. The molecule has 1 aromatic rings. The summed E-state index contributed by atoms with van der Waals surface area (Å²) < 4.78 is 0. The van der Waals surface area contributed by atoms with Crippen LogP contribution in [0.4, 0.5) is 4.79 Å². The summed E-state index contributed by atoms with van der Waals surface area (Å²) in [5.74, 6) is -1.61. The lowest BCUT2D eigenvalue weighted by Gasteiger charge is -2.18. The van der Waals surface area contributed by atoms with Crippen molar-refractivity contribution in [1.82, 2.24) is 21.5 Å². The fraction of sp³-hybridized carbons (Fsp3) is 0.375. The molecule has 0 radical (unpaired) electrons. The standard InChI is InChI=1S/C16H24N6O4/c17-15(18)19-9-5-4-8-13(23)20-16(26)22-21-12(10-14(24)25)11-6-2-1-3-7-11/h1-3,6-7,12,21H,4-5,8-10H2,(H,24,25)(H4,17,18,19)(H2,20,22,23,26). The molecule has 0 aliphatic rings. The van der Waals surface area contributed by atoms with E-state index in [-0.39, 0.29) is 18.8 Å². The number of imide groups is 1. The lowest BCUT2D eigenvalue weighted by Crippen LogP contribution is -2.47. The average molecular weight is 364 g/mol. The van der Waals surface area contributed by atoms with Crippen LogP contribution in [0, 0.1) is 5.41 Å². The topological polar surface area (TPSA) is 169 Å². The zero-order chi connectivity index (χ0) is 19.4. The first kappa shape index (κ1) is 20.9. The number of rotatable bonds is 10. The molecule has 1 aromatic carbocycles. The minimum absolute atomic E-state index is 0.130. The molecule has 10 nitrogen and oxygen atoms in total. The number of carbonyl (C=O) groups excluding carboxylic acids is 2. The second-order valence-corrected chi connectivity index (χ2v) is 5.51. The number of amides is 3. The maximum atomic E-state index is 11.7. The van der Waals surface area contributed by atoms with Crippen LogP contribution in [-0.2, 0) is 9.59 Å². The third-order valence-electron chi connectivity index (χ3n) is 3.34. The van der Waals surface area contributed by atoms with Gasteiger partial charge in [0.15, 0.2) is 5.96 Å². The molecule has 3 amide bonds. The third-order valence-corrected chi connectivity index (χ3v) is 3.34. The van der Waals surface area contributed by atoms with Gasteiger partial charge in [-0.1, -0.05) is 30.3 Å². The van der Waals surface area contributed by atoms with Crippen LogP contribution in [0.15, 0.2) is 30.3 Å². The van der Waals surface area contributed by atoms with E-state index in [1.165, 1.54) is 0 Å². The van der Waals surface area contributed by atoms with Crippen molar-refractivity contribution in [2.24, 2.45) is 5.73 Å². The summed E-state index contributed by atoms with van der Waals surface area (Å²) in [6.07, 6.45) is 1.06. The molecule has 10 heteroatoms. The molecule has 0 aliphatic carbocycles. The van der Waals surface area contributed by atoms with Crippen molar-refractivity contribution in [2.45, 2.75) is 31.7 Å². The number of unbranched alkanes of at least 4 members (excludes halogenated alkanes) is 1. The van der Waals surface area contributed by atoms with Gasteiger partial charge in [0, 0.05) is 13.0 Å². The van der Waals surface area contributed by atoms with Crippen LogP contribution >= 0.6 is 0 Å². The number of urea groups is 1. The van der Waals surface area contributed by atoms with Gasteiger partial charge in [-0.2, -0.15) is 0 Å². The molecule has 0 spiro atoms. The highest BCUT2D eigenvalue weighted by Crippen LogP contribution is 2.15. The molecule has 0 fully saturated rings. The Balaban J connectivity index is 2.35. The molecule has 26 heavy (non-hydrogen) atoms. The van der Waals surface area contributed by atoms with Crippen LogP contribution in [0.2, 0.25) is 0 Å². The first-order valence-electron chi connectivity index (χ1n) is 8.08. The van der Waals surface area contributed by atoms with E-state index in [1.807, 2.05) is 0 Å². The molecule has 1 rings (SSSR count). The van der Waals surface area contributed by atoms with E-state index in [4.69, 9.17) is 16.2 Å². The first-order chi connectivity index (χ1) is 12.4. The van der Waals surface area contributed by atoms with Gasteiger partial charge in [0.05, 0.1) is 12.5 Å². The maximum Gasteiger partial charge on any atom is 0.335 e. The van der Waals surface area contributed by atoms with Crippen molar-refractivity contribution in [1.29, 1.82) is 5.41 Å². The van der Waals surface area contributed by atoms with Crippen molar-refractivity contribution in [3.63, 3.8) is 0 Å². The van der Waals surface area contributed by atoms with Gasteiger partial charge in [-0.15, -0.1) is 0 Å². The molecule has 0 aliphatic heterocycles. The normalized spacial score (nSPS) is 11.2. The number of hydrogen-bond acceptors (Lipinski definition) is 5. The molecule has 142 valence electrons. The predicted octanol–water partition coefficient (Wildman–Crippen LogP) is 0.186. The summed E-state index contributed by atoms with van der Waals surface area (Å²) in [6, 6.07) is 7.40. The molecule has 1 atom stereocenters. The van der Waals surface area contributed by atoms with Gasteiger partial charge in [-0.05, 0) is 18.4 Å². The number of carboxylic acid groups (broad SMARTS) is 1. The number of nitrogens with two attached hydrogens (primary N) is 1. The van der Waals surface area contributed by atoms with Gasteiger partial charge in [0.1, 0.15) is 0 Å². The molecule has 0 aromatic heterocycles. The molecule has 0 bridgehead atoms. The van der Waals surface area contributed by atoms with E-state index in [1.54, 1.807) is 30.3 Å². The lowest BCUT2D eigenvalue weighted by atomic mass is 10.0. The fourth-order valence-electron chi connectivity index (χ4n) is 2.12. The van der Waals surface area contributed by atoms with Crippen molar-refractivity contribution >= 4 is 23.9 Å². The molecule has 0 saturated heterocycles. The van der Waals surface area contributed by atoms with Crippen LogP contribution in [0.25, 0.3) is 0 Å². The quantitative estimate of drug-likeness (QED) is 0.134. The third kappa shape index (κ3) is 9.23. The van der Waals surface area contributed by atoms with E-state index in [2.05, 4.69) is 21.5 Å². The van der Waals surface area contributed by atoms with Crippen LogP contribution in [0.1, 0.15) is 37.3 Å². The Bertz CT molecular complexity index is 622. The van der Waals surface area contributed by atoms with Gasteiger partial charge < -0.3 is 16.2 Å². The Morgan fingerprint density at radius 3 is 2.46 bits per heavy atom. The minimum atomic E-state index is -1.02. The number of hydrogen-bond donors (Lipinski definition) is 7. The Hall–Kier alpha value is -3.14. The molecular weight excluding hydrogens is 340 g/mol. The summed E-state index contributed by atoms with van der Waals surface area (Å²) in [5, 5.41) is 20.7. The van der Waals surface area contributed by atoms with Crippen molar-refractivity contribution < 1.29 is 19.5 Å². The first-order valence-corrected chi connectivity index (χ1v) is 8.08. The maximum absolute atomic E-state index is 11.7. The lowest BCUT2D eigenvalue weighted by molar-refractivity contribution is -0.137. The second kappa shape index (κ2) is 11.4. The number of carbonyl (C=O) groups is 3. The molecule has 1 unspecified atom stereocenters. The summed E-state index contributed by atoms with van der Waals surface area (Å²) in [7, 11) is 0. The van der Waals surface area contributed by atoms with E-state index in [9.17, 15) is 14.4 Å². The van der Waals surface area contributed by atoms with E-state index in [0.29, 0.717) is 24.9 Å².